The van der Waals surface area contributed by atoms with Gasteiger partial charge in [0.05, 0.1) is 28.5 Å². The van der Waals surface area contributed by atoms with Crippen LogP contribution in [0.25, 0.3) is 0 Å². The van der Waals surface area contributed by atoms with Gasteiger partial charge in [0.25, 0.3) is 0 Å². The first-order valence-electron chi connectivity index (χ1n) is 5.75. The maximum atomic E-state index is 12.4. The molecule has 20 heavy (non-hydrogen) atoms. The maximum Gasteiger partial charge on any atom is 0.243 e. The summed E-state index contributed by atoms with van der Waals surface area (Å²) in [4.78, 5) is 0.000831. The van der Waals surface area contributed by atoms with Gasteiger partial charge in [-0.15, -0.1) is 0 Å². The quantitative estimate of drug-likeness (QED) is 0.844. The van der Waals surface area contributed by atoms with Gasteiger partial charge in [0.1, 0.15) is 0 Å². The number of hydrogen-bond acceptors (Lipinski definition) is 5. The number of nitrogens with zero attached hydrogens (tertiary/aromatic N) is 1. The van der Waals surface area contributed by atoms with E-state index in [0.29, 0.717) is 5.02 Å². The molecule has 2 rings (SSSR count). The molecule has 0 unspecified atom stereocenters. The Bertz CT molecular complexity index is 699. The lowest BCUT2D eigenvalue weighted by atomic mass is 10.2. The molecular formula is C11H14ClNO5S2. The zero-order valence-corrected chi connectivity index (χ0v) is 13.0. The normalized spacial score (nSPS) is 26.0. The fraction of sp³-hybridized carbons (Fsp3) is 0.455. The van der Waals surface area contributed by atoms with Gasteiger partial charge in [0.2, 0.25) is 10.0 Å². The minimum Gasteiger partial charge on any atom is -0.390 e. The smallest absolute Gasteiger partial charge is 0.243 e. The molecule has 0 aliphatic carbocycles. The summed E-state index contributed by atoms with van der Waals surface area (Å²) in [6.45, 7) is 0. The molecular weight excluding hydrogens is 326 g/mol. The number of aliphatic hydroxyl groups is 1. The molecule has 0 aromatic heterocycles. The van der Waals surface area contributed by atoms with Crippen LogP contribution in [-0.2, 0) is 19.9 Å². The molecule has 112 valence electrons. The van der Waals surface area contributed by atoms with E-state index in [0.717, 1.165) is 4.31 Å². The molecule has 2 atom stereocenters. The summed E-state index contributed by atoms with van der Waals surface area (Å²) in [5, 5.41) is 10.1. The average Bonchev–Trinajstić information content (AvgIpc) is 2.62. The largest absolute Gasteiger partial charge is 0.390 e. The Balaban J connectivity index is 2.33. The summed E-state index contributed by atoms with van der Waals surface area (Å²) in [5.41, 5.74) is 0. The number of rotatable bonds is 3. The summed E-state index contributed by atoms with van der Waals surface area (Å²) in [6.07, 6.45) is -1.22. The second-order valence-electron chi connectivity index (χ2n) is 4.69. The van der Waals surface area contributed by atoms with Gasteiger partial charge < -0.3 is 5.11 Å². The third-order valence-electron chi connectivity index (χ3n) is 3.25. The molecule has 1 aliphatic heterocycles. The van der Waals surface area contributed by atoms with Crippen LogP contribution in [0.1, 0.15) is 0 Å². The first-order chi connectivity index (χ1) is 9.13. The average molecular weight is 340 g/mol. The van der Waals surface area contributed by atoms with Crippen molar-refractivity contribution in [2.45, 2.75) is 17.0 Å². The molecule has 0 amide bonds. The lowest BCUT2D eigenvalue weighted by Gasteiger charge is -2.25. The van der Waals surface area contributed by atoms with Crippen molar-refractivity contribution in [3.63, 3.8) is 0 Å². The van der Waals surface area contributed by atoms with Gasteiger partial charge in [0.15, 0.2) is 9.84 Å². The van der Waals surface area contributed by atoms with Crippen molar-refractivity contribution in [1.82, 2.24) is 4.31 Å². The molecule has 1 aromatic carbocycles. The second kappa shape index (κ2) is 5.27. The molecule has 1 aromatic rings. The van der Waals surface area contributed by atoms with Crippen LogP contribution in [0.15, 0.2) is 29.2 Å². The lowest BCUT2D eigenvalue weighted by molar-refractivity contribution is 0.137. The molecule has 0 radical (unpaired) electrons. The Morgan fingerprint density at radius 2 is 1.80 bits per heavy atom. The number of sulfonamides is 1. The number of likely N-dealkylation sites (N-methyl/N-ethyl adjacent to an activating group) is 1. The number of benzene rings is 1. The van der Waals surface area contributed by atoms with Crippen LogP contribution < -0.4 is 0 Å². The molecule has 1 heterocycles. The van der Waals surface area contributed by atoms with E-state index in [1.807, 2.05) is 0 Å². The summed E-state index contributed by atoms with van der Waals surface area (Å²) in [6, 6.07) is 4.57. The highest BCUT2D eigenvalue weighted by Crippen LogP contribution is 2.24. The Morgan fingerprint density at radius 3 is 2.25 bits per heavy atom. The molecule has 9 heteroatoms. The Morgan fingerprint density at radius 1 is 1.25 bits per heavy atom. The highest BCUT2D eigenvalue weighted by Gasteiger charge is 2.42. The van der Waals surface area contributed by atoms with Gasteiger partial charge in [0, 0.05) is 12.1 Å². The highest BCUT2D eigenvalue weighted by atomic mass is 35.5. The molecule has 1 aliphatic rings. The Labute approximate surface area is 122 Å². The predicted octanol–water partition coefficient (Wildman–Crippen LogP) is 0.118. The van der Waals surface area contributed by atoms with Gasteiger partial charge in [-0.3, -0.25) is 0 Å². The maximum absolute atomic E-state index is 12.4. The molecule has 1 saturated heterocycles. The first-order valence-corrected chi connectivity index (χ1v) is 9.39. The zero-order valence-electron chi connectivity index (χ0n) is 10.6. The monoisotopic (exact) mass is 339 g/mol. The van der Waals surface area contributed by atoms with Crippen molar-refractivity contribution in [2.75, 3.05) is 18.6 Å². The van der Waals surface area contributed by atoms with Crippen molar-refractivity contribution in [2.24, 2.45) is 0 Å². The van der Waals surface area contributed by atoms with Crippen LogP contribution in [0, 0.1) is 0 Å². The Hall–Kier alpha value is -0.670. The van der Waals surface area contributed by atoms with E-state index >= 15 is 0 Å². The van der Waals surface area contributed by atoms with E-state index in [1.165, 1.54) is 31.3 Å². The van der Waals surface area contributed by atoms with E-state index in [4.69, 9.17) is 11.6 Å². The van der Waals surface area contributed by atoms with Crippen LogP contribution in [0.3, 0.4) is 0 Å². The third-order valence-corrected chi connectivity index (χ3v) is 7.10. The minimum atomic E-state index is -3.87. The molecule has 0 saturated carbocycles. The number of halogens is 1. The van der Waals surface area contributed by atoms with Gasteiger partial charge in [-0.05, 0) is 24.3 Å². The molecule has 0 spiro atoms. The van der Waals surface area contributed by atoms with Gasteiger partial charge in [-0.1, -0.05) is 11.6 Å². The number of sulfone groups is 1. The van der Waals surface area contributed by atoms with Crippen LogP contribution in [0.5, 0.6) is 0 Å². The second-order valence-corrected chi connectivity index (χ2v) is 9.27. The van der Waals surface area contributed by atoms with Gasteiger partial charge in [-0.25, -0.2) is 16.8 Å². The van der Waals surface area contributed by atoms with Crippen LogP contribution in [-0.4, -0.2) is 56.9 Å². The Kier molecular flexibility index (Phi) is 4.14. The third kappa shape index (κ3) is 2.99. The van der Waals surface area contributed by atoms with Crippen molar-refractivity contribution >= 4 is 31.5 Å². The van der Waals surface area contributed by atoms with Crippen molar-refractivity contribution in [3.8, 4) is 0 Å². The predicted molar refractivity (Wildman–Crippen MR) is 74.8 cm³/mol. The molecule has 1 N–H and O–H groups in total. The summed E-state index contributed by atoms with van der Waals surface area (Å²) >= 11 is 5.70. The standard InChI is InChI=1S/C11H14ClNO5S2/c1-13(10-6-19(15,16)7-11(10)14)20(17,18)9-4-2-8(12)3-5-9/h2-5,10-11,14H,6-7H2,1H3/t10-,11-/m0/s1. The van der Waals surface area contributed by atoms with E-state index in [-0.39, 0.29) is 10.6 Å². The van der Waals surface area contributed by atoms with Crippen LogP contribution >= 0.6 is 11.6 Å². The lowest BCUT2D eigenvalue weighted by Crippen LogP contribution is -2.44. The topological polar surface area (TPSA) is 91.8 Å². The molecule has 0 bridgehead atoms. The highest BCUT2D eigenvalue weighted by molar-refractivity contribution is 7.92. The van der Waals surface area contributed by atoms with Crippen molar-refractivity contribution in [1.29, 1.82) is 0 Å². The van der Waals surface area contributed by atoms with Gasteiger partial charge >= 0.3 is 0 Å². The van der Waals surface area contributed by atoms with Crippen molar-refractivity contribution < 1.29 is 21.9 Å². The van der Waals surface area contributed by atoms with Gasteiger partial charge in [-0.2, -0.15) is 4.31 Å². The minimum absolute atomic E-state index is 0.000831. The summed E-state index contributed by atoms with van der Waals surface area (Å²) < 4.78 is 48.6. The molecule has 1 fully saturated rings. The number of hydrogen-bond donors (Lipinski definition) is 1. The summed E-state index contributed by atoms with van der Waals surface area (Å²) in [5.74, 6) is -0.796. The fourth-order valence-electron chi connectivity index (χ4n) is 2.11. The molecule has 6 nitrogen and oxygen atoms in total. The van der Waals surface area contributed by atoms with Crippen molar-refractivity contribution in [3.05, 3.63) is 29.3 Å². The fourth-order valence-corrected chi connectivity index (χ4v) is 5.56. The SMILES string of the molecule is CN([C@H]1CS(=O)(=O)C[C@@H]1O)S(=O)(=O)c1ccc(Cl)cc1. The first kappa shape index (κ1) is 15.7. The van der Waals surface area contributed by atoms with Crippen LogP contribution in [0.2, 0.25) is 5.02 Å². The van der Waals surface area contributed by atoms with E-state index < -0.39 is 37.8 Å². The van der Waals surface area contributed by atoms with E-state index in [1.54, 1.807) is 0 Å². The number of aliphatic hydroxyl groups excluding tert-OH is 1. The van der Waals surface area contributed by atoms with E-state index in [2.05, 4.69) is 0 Å². The van der Waals surface area contributed by atoms with E-state index in [9.17, 15) is 21.9 Å². The summed E-state index contributed by atoms with van der Waals surface area (Å²) in [7, 11) is -6.03. The zero-order chi connectivity index (χ0) is 15.1. The van der Waals surface area contributed by atoms with Crippen LogP contribution in [0.4, 0.5) is 0 Å².